The van der Waals surface area contributed by atoms with Crippen LogP contribution < -0.4 is 5.32 Å². The van der Waals surface area contributed by atoms with Gasteiger partial charge in [0.25, 0.3) is 0 Å². The third kappa shape index (κ3) is 2.30. The van der Waals surface area contributed by atoms with E-state index in [2.05, 4.69) is 45.1 Å². The van der Waals surface area contributed by atoms with Crippen molar-refractivity contribution in [1.29, 1.82) is 0 Å². The van der Waals surface area contributed by atoms with E-state index in [0.717, 1.165) is 12.5 Å². The van der Waals surface area contributed by atoms with Crippen LogP contribution in [-0.4, -0.2) is 6.54 Å². The first-order valence-corrected chi connectivity index (χ1v) is 6.39. The molecule has 16 heavy (non-hydrogen) atoms. The lowest BCUT2D eigenvalue weighted by Crippen LogP contribution is -2.31. The fourth-order valence-corrected chi connectivity index (χ4v) is 2.55. The molecule has 1 aromatic carbocycles. The van der Waals surface area contributed by atoms with Gasteiger partial charge in [0.05, 0.1) is 0 Å². The first-order chi connectivity index (χ1) is 7.58. The highest BCUT2D eigenvalue weighted by molar-refractivity contribution is 5.38. The minimum Gasteiger partial charge on any atom is -0.310 e. The van der Waals surface area contributed by atoms with Gasteiger partial charge in [0.15, 0.2) is 0 Å². The number of nitrogens with one attached hydrogen (secondary N) is 1. The normalized spacial score (nSPS) is 25.8. The van der Waals surface area contributed by atoms with E-state index in [1.165, 1.54) is 35.1 Å². The molecule has 0 amide bonds. The van der Waals surface area contributed by atoms with E-state index in [9.17, 15) is 0 Å². The molecule has 0 radical (unpaired) electrons. The number of benzene rings is 1. The highest BCUT2D eigenvalue weighted by Crippen LogP contribution is 2.28. The SMILES string of the molecule is Cc1cc(C2CCC(C)CN2)cc(C)c1C. The van der Waals surface area contributed by atoms with Crippen LogP contribution in [0.5, 0.6) is 0 Å². The van der Waals surface area contributed by atoms with Crippen LogP contribution in [0.25, 0.3) is 0 Å². The lowest BCUT2D eigenvalue weighted by atomic mass is 9.89. The van der Waals surface area contributed by atoms with Gasteiger partial charge in [0.2, 0.25) is 0 Å². The maximum Gasteiger partial charge on any atom is 0.0320 e. The van der Waals surface area contributed by atoms with Crippen molar-refractivity contribution in [3.8, 4) is 0 Å². The molecule has 1 nitrogen and oxygen atoms in total. The monoisotopic (exact) mass is 217 g/mol. The Bertz CT molecular complexity index is 350. The van der Waals surface area contributed by atoms with Gasteiger partial charge in [-0.2, -0.15) is 0 Å². The summed E-state index contributed by atoms with van der Waals surface area (Å²) in [6.07, 6.45) is 2.63. The van der Waals surface area contributed by atoms with Crippen LogP contribution in [0.2, 0.25) is 0 Å². The molecule has 1 N–H and O–H groups in total. The van der Waals surface area contributed by atoms with Crippen molar-refractivity contribution in [3.05, 3.63) is 34.4 Å². The van der Waals surface area contributed by atoms with Crippen molar-refractivity contribution in [2.75, 3.05) is 6.54 Å². The van der Waals surface area contributed by atoms with Crippen LogP contribution in [-0.2, 0) is 0 Å². The number of aryl methyl sites for hydroxylation is 2. The zero-order valence-corrected chi connectivity index (χ0v) is 10.9. The van der Waals surface area contributed by atoms with Gasteiger partial charge in [0, 0.05) is 6.04 Å². The van der Waals surface area contributed by atoms with E-state index < -0.39 is 0 Å². The standard InChI is InChI=1S/C15H23N/c1-10-5-6-15(16-9-10)14-7-11(2)13(4)12(3)8-14/h7-8,10,15-16H,5-6,9H2,1-4H3. The summed E-state index contributed by atoms with van der Waals surface area (Å²) >= 11 is 0. The molecule has 1 aliphatic rings. The molecule has 2 atom stereocenters. The molecule has 1 aromatic rings. The highest BCUT2D eigenvalue weighted by Gasteiger charge is 2.19. The summed E-state index contributed by atoms with van der Waals surface area (Å²) in [4.78, 5) is 0. The van der Waals surface area contributed by atoms with E-state index in [4.69, 9.17) is 0 Å². The quantitative estimate of drug-likeness (QED) is 0.757. The lowest BCUT2D eigenvalue weighted by molar-refractivity contribution is 0.333. The van der Waals surface area contributed by atoms with Crippen molar-refractivity contribution >= 4 is 0 Å². The van der Waals surface area contributed by atoms with Gasteiger partial charge in [-0.05, 0) is 68.3 Å². The van der Waals surface area contributed by atoms with E-state index in [0.29, 0.717) is 6.04 Å². The largest absolute Gasteiger partial charge is 0.310 e. The Morgan fingerprint density at radius 1 is 1.06 bits per heavy atom. The molecule has 0 aromatic heterocycles. The minimum atomic E-state index is 0.578. The molecule has 0 saturated carbocycles. The Kier molecular flexibility index (Phi) is 3.34. The summed E-state index contributed by atoms with van der Waals surface area (Å²) in [6.45, 7) is 10.1. The maximum atomic E-state index is 3.66. The van der Waals surface area contributed by atoms with Gasteiger partial charge in [-0.25, -0.2) is 0 Å². The third-order valence-corrected chi connectivity index (χ3v) is 4.01. The Balaban J connectivity index is 2.21. The van der Waals surface area contributed by atoms with Gasteiger partial charge in [-0.15, -0.1) is 0 Å². The molecular formula is C15H23N. The summed E-state index contributed by atoms with van der Waals surface area (Å²) in [6, 6.07) is 5.29. The number of rotatable bonds is 1. The zero-order chi connectivity index (χ0) is 11.7. The van der Waals surface area contributed by atoms with Gasteiger partial charge in [-0.3, -0.25) is 0 Å². The number of hydrogen-bond acceptors (Lipinski definition) is 1. The second-order valence-electron chi connectivity index (χ2n) is 5.42. The van der Waals surface area contributed by atoms with Crippen molar-refractivity contribution < 1.29 is 0 Å². The second-order valence-corrected chi connectivity index (χ2v) is 5.42. The van der Waals surface area contributed by atoms with Gasteiger partial charge in [0.1, 0.15) is 0 Å². The molecular weight excluding hydrogens is 194 g/mol. The second kappa shape index (κ2) is 4.58. The van der Waals surface area contributed by atoms with E-state index >= 15 is 0 Å². The zero-order valence-electron chi connectivity index (χ0n) is 10.9. The number of hydrogen-bond donors (Lipinski definition) is 1. The summed E-state index contributed by atoms with van der Waals surface area (Å²) in [5, 5.41) is 3.66. The molecule has 1 saturated heterocycles. The molecule has 0 aliphatic carbocycles. The molecule has 0 spiro atoms. The Labute approximate surface area is 99.3 Å². The average Bonchev–Trinajstić information content (AvgIpc) is 2.26. The fraction of sp³-hybridized carbons (Fsp3) is 0.600. The highest BCUT2D eigenvalue weighted by atomic mass is 14.9. The predicted molar refractivity (Wildman–Crippen MR) is 69.8 cm³/mol. The van der Waals surface area contributed by atoms with Crippen LogP contribution in [0.3, 0.4) is 0 Å². The van der Waals surface area contributed by atoms with Crippen molar-refractivity contribution in [2.24, 2.45) is 5.92 Å². The van der Waals surface area contributed by atoms with Gasteiger partial charge >= 0.3 is 0 Å². The first kappa shape index (κ1) is 11.7. The van der Waals surface area contributed by atoms with Crippen LogP contribution >= 0.6 is 0 Å². The minimum absolute atomic E-state index is 0.578. The fourth-order valence-electron chi connectivity index (χ4n) is 2.55. The molecule has 88 valence electrons. The molecule has 1 heteroatoms. The van der Waals surface area contributed by atoms with Crippen LogP contribution in [0, 0.1) is 26.7 Å². The van der Waals surface area contributed by atoms with Crippen LogP contribution in [0.1, 0.15) is 48.1 Å². The smallest absolute Gasteiger partial charge is 0.0320 e. The van der Waals surface area contributed by atoms with E-state index in [1.807, 2.05) is 0 Å². The molecule has 1 fully saturated rings. The van der Waals surface area contributed by atoms with Crippen molar-refractivity contribution in [1.82, 2.24) is 5.32 Å². The third-order valence-electron chi connectivity index (χ3n) is 4.01. The van der Waals surface area contributed by atoms with Crippen molar-refractivity contribution in [2.45, 2.75) is 46.6 Å². The molecule has 2 unspecified atom stereocenters. The maximum absolute atomic E-state index is 3.66. The lowest BCUT2D eigenvalue weighted by Gasteiger charge is -2.29. The summed E-state index contributed by atoms with van der Waals surface area (Å²) < 4.78 is 0. The topological polar surface area (TPSA) is 12.0 Å². The van der Waals surface area contributed by atoms with Gasteiger partial charge < -0.3 is 5.32 Å². The van der Waals surface area contributed by atoms with E-state index in [1.54, 1.807) is 0 Å². The Morgan fingerprint density at radius 3 is 2.19 bits per heavy atom. The van der Waals surface area contributed by atoms with E-state index in [-0.39, 0.29) is 0 Å². The Morgan fingerprint density at radius 2 is 1.69 bits per heavy atom. The summed E-state index contributed by atoms with van der Waals surface area (Å²) in [5.74, 6) is 0.837. The van der Waals surface area contributed by atoms with Crippen molar-refractivity contribution in [3.63, 3.8) is 0 Å². The summed E-state index contributed by atoms with van der Waals surface area (Å²) in [7, 11) is 0. The first-order valence-electron chi connectivity index (χ1n) is 6.39. The molecule has 1 aliphatic heterocycles. The van der Waals surface area contributed by atoms with Crippen LogP contribution in [0.4, 0.5) is 0 Å². The Hall–Kier alpha value is -0.820. The molecule has 1 heterocycles. The predicted octanol–water partition coefficient (Wildman–Crippen LogP) is 3.67. The number of piperidine rings is 1. The molecule has 0 bridgehead atoms. The summed E-state index contributed by atoms with van der Waals surface area (Å²) in [5.41, 5.74) is 5.77. The van der Waals surface area contributed by atoms with Gasteiger partial charge in [-0.1, -0.05) is 19.1 Å². The average molecular weight is 217 g/mol. The van der Waals surface area contributed by atoms with Crippen LogP contribution in [0.15, 0.2) is 12.1 Å². The molecule has 2 rings (SSSR count).